The third-order valence-electron chi connectivity index (χ3n) is 3.17. The highest BCUT2D eigenvalue weighted by molar-refractivity contribution is 14.1. The van der Waals surface area contributed by atoms with Crippen LogP contribution in [0.15, 0.2) is 42.5 Å². The summed E-state index contributed by atoms with van der Waals surface area (Å²) in [7, 11) is 0. The molecule has 0 aliphatic heterocycles. The van der Waals surface area contributed by atoms with Gasteiger partial charge in [-0.1, -0.05) is 12.1 Å². The van der Waals surface area contributed by atoms with Crippen molar-refractivity contribution in [3.63, 3.8) is 0 Å². The van der Waals surface area contributed by atoms with Gasteiger partial charge in [-0.3, -0.25) is 14.9 Å². The molecule has 136 valence electrons. The van der Waals surface area contributed by atoms with Crippen molar-refractivity contribution in [3.05, 3.63) is 61.7 Å². The Morgan fingerprint density at radius 3 is 2.62 bits per heavy atom. The van der Waals surface area contributed by atoms with Crippen LogP contribution < -0.4 is 10.1 Å². The molecule has 26 heavy (non-hydrogen) atoms. The molecule has 0 radical (unpaired) electrons. The summed E-state index contributed by atoms with van der Waals surface area (Å²) >= 11 is 2.07. The number of para-hydroxylation sites is 1. The number of nitro groups is 1. The number of nitro benzene ring substituents is 1. The van der Waals surface area contributed by atoms with Crippen LogP contribution in [-0.4, -0.2) is 30.0 Å². The van der Waals surface area contributed by atoms with Gasteiger partial charge in [0.25, 0.3) is 5.91 Å². The molecule has 0 unspecified atom stereocenters. The molecule has 0 atom stereocenters. The lowest BCUT2D eigenvalue weighted by Crippen LogP contribution is -2.21. The molecular weight excluding hydrogens is 455 g/mol. The van der Waals surface area contributed by atoms with Crippen molar-refractivity contribution in [1.29, 1.82) is 0 Å². The van der Waals surface area contributed by atoms with Gasteiger partial charge in [-0.05, 0) is 53.8 Å². The predicted octanol–water partition coefficient (Wildman–Crippen LogP) is 3.39. The summed E-state index contributed by atoms with van der Waals surface area (Å²) in [4.78, 5) is 34.4. The van der Waals surface area contributed by atoms with E-state index < -0.39 is 23.4 Å². The third-order valence-corrected chi connectivity index (χ3v) is 4.11. The van der Waals surface area contributed by atoms with Crippen molar-refractivity contribution in [2.75, 3.05) is 18.5 Å². The van der Waals surface area contributed by atoms with E-state index in [0.29, 0.717) is 5.69 Å². The van der Waals surface area contributed by atoms with Crippen molar-refractivity contribution < 1.29 is 24.0 Å². The lowest BCUT2D eigenvalue weighted by molar-refractivity contribution is -0.385. The fourth-order valence-corrected chi connectivity index (χ4v) is 2.55. The maximum atomic E-state index is 12.0. The number of amides is 1. The van der Waals surface area contributed by atoms with Gasteiger partial charge in [0.05, 0.1) is 22.8 Å². The maximum Gasteiger partial charge on any atom is 0.338 e. The second kappa shape index (κ2) is 9.13. The molecule has 0 saturated heterocycles. The zero-order valence-corrected chi connectivity index (χ0v) is 15.9. The number of ether oxygens (including phenoxy) is 2. The lowest BCUT2D eigenvalue weighted by Gasteiger charge is -2.09. The maximum absolute atomic E-state index is 12.0. The first-order valence-electron chi connectivity index (χ1n) is 7.55. The number of carbonyl (C=O) groups is 2. The van der Waals surface area contributed by atoms with E-state index in [1.165, 1.54) is 12.1 Å². The number of hydrogen-bond donors (Lipinski definition) is 1. The highest BCUT2D eigenvalue weighted by Gasteiger charge is 2.20. The van der Waals surface area contributed by atoms with E-state index in [1.54, 1.807) is 19.1 Å². The average molecular weight is 470 g/mol. The molecule has 0 fully saturated rings. The van der Waals surface area contributed by atoms with Gasteiger partial charge >= 0.3 is 11.7 Å². The molecule has 2 aromatic rings. The Bertz CT molecular complexity index is 840. The molecule has 8 nitrogen and oxygen atoms in total. The van der Waals surface area contributed by atoms with Gasteiger partial charge in [-0.2, -0.15) is 0 Å². The number of hydrogen-bond acceptors (Lipinski definition) is 6. The highest BCUT2D eigenvalue weighted by atomic mass is 127. The van der Waals surface area contributed by atoms with Crippen LogP contribution in [0, 0.1) is 13.7 Å². The SMILES string of the molecule is CCOc1ccc(C(=O)OCC(=O)Nc2ccccc2I)cc1[N+](=O)[O-]. The third kappa shape index (κ3) is 5.15. The Morgan fingerprint density at radius 2 is 1.96 bits per heavy atom. The molecule has 0 aliphatic rings. The minimum absolute atomic E-state index is 0.0396. The Morgan fingerprint density at radius 1 is 1.23 bits per heavy atom. The molecule has 0 aliphatic carbocycles. The van der Waals surface area contributed by atoms with E-state index in [1.807, 2.05) is 12.1 Å². The Hall–Kier alpha value is -2.69. The van der Waals surface area contributed by atoms with Crippen LogP contribution in [0.25, 0.3) is 0 Å². The standard InChI is InChI=1S/C17H15IN2O6/c1-2-25-15-8-7-11(9-14(15)20(23)24)17(22)26-10-16(21)19-13-6-4-3-5-12(13)18/h3-9H,2,10H2,1H3,(H,19,21). The normalized spacial score (nSPS) is 10.1. The van der Waals surface area contributed by atoms with E-state index in [9.17, 15) is 19.7 Å². The van der Waals surface area contributed by atoms with Gasteiger partial charge in [-0.15, -0.1) is 0 Å². The minimum Gasteiger partial charge on any atom is -0.487 e. The average Bonchev–Trinajstić information content (AvgIpc) is 2.62. The van der Waals surface area contributed by atoms with Crippen LogP contribution in [0.4, 0.5) is 11.4 Å². The van der Waals surface area contributed by atoms with E-state index in [0.717, 1.165) is 9.64 Å². The Balaban J connectivity index is 2.01. The molecule has 0 heterocycles. The molecule has 2 aromatic carbocycles. The van der Waals surface area contributed by atoms with Crippen LogP contribution in [0.1, 0.15) is 17.3 Å². The summed E-state index contributed by atoms with van der Waals surface area (Å²) in [6.07, 6.45) is 0. The molecule has 2 rings (SSSR count). The molecule has 9 heteroatoms. The number of benzene rings is 2. The van der Waals surface area contributed by atoms with Crippen molar-refractivity contribution in [2.45, 2.75) is 6.92 Å². The first-order chi connectivity index (χ1) is 12.4. The molecule has 1 N–H and O–H groups in total. The van der Waals surface area contributed by atoms with Gasteiger partial charge in [0, 0.05) is 9.64 Å². The first kappa shape index (κ1) is 19.6. The van der Waals surface area contributed by atoms with Crippen molar-refractivity contribution >= 4 is 45.8 Å². The number of nitrogens with zero attached hydrogens (tertiary/aromatic N) is 1. The van der Waals surface area contributed by atoms with Gasteiger partial charge in [0.15, 0.2) is 12.4 Å². The highest BCUT2D eigenvalue weighted by Crippen LogP contribution is 2.28. The summed E-state index contributed by atoms with van der Waals surface area (Å²) in [6.45, 7) is 1.44. The van der Waals surface area contributed by atoms with Crippen LogP contribution >= 0.6 is 22.6 Å². The number of carbonyl (C=O) groups excluding carboxylic acids is 2. The van der Waals surface area contributed by atoms with Crippen LogP contribution in [0.3, 0.4) is 0 Å². The van der Waals surface area contributed by atoms with Gasteiger partial charge in [0.2, 0.25) is 0 Å². The monoisotopic (exact) mass is 470 g/mol. The lowest BCUT2D eigenvalue weighted by atomic mass is 10.2. The predicted molar refractivity (Wildman–Crippen MR) is 102 cm³/mol. The minimum atomic E-state index is -0.839. The fraction of sp³-hybridized carbons (Fsp3) is 0.176. The van der Waals surface area contributed by atoms with Crippen LogP contribution in [-0.2, 0) is 9.53 Å². The van der Waals surface area contributed by atoms with Crippen LogP contribution in [0.2, 0.25) is 0 Å². The number of anilines is 1. The number of halogens is 1. The summed E-state index contributed by atoms with van der Waals surface area (Å²) in [6, 6.07) is 10.9. The fourth-order valence-electron chi connectivity index (χ4n) is 2.03. The van der Waals surface area contributed by atoms with Crippen molar-refractivity contribution in [1.82, 2.24) is 0 Å². The largest absolute Gasteiger partial charge is 0.487 e. The Kier molecular flexibility index (Phi) is 6.89. The topological polar surface area (TPSA) is 108 Å². The molecule has 1 amide bonds. The summed E-state index contributed by atoms with van der Waals surface area (Å²) in [5, 5.41) is 13.7. The van der Waals surface area contributed by atoms with E-state index in [-0.39, 0.29) is 23.6 Å². The second-order valence-electron chi connectivity index (χ2n) is 4.98. The van der Waals surface area contributed by atoms with E-state index >= 15 is 0 Å². The van der Waals surface area contributed by atoms with Crippen LogP contribution in [0.5, 0.6) is 5.75 Å². The number of esters is 1. The molecule has 0 aromatic heterocycles. The summed E-state index contributed by atoms with van der Waals surface area (Å²) in [5.41, 5.74) is 0.220. The zero-order valence-electron chi connectivity index (χ0n) is 13.7. The first-order valence-corrected chi connectivity index (χ1v) is 8.63. The summed E-state index contributed by atoms with van der Waals surface area (Å²) in [5.74, 6) is -1.29. The number of rotatable bonds is 7. The van der Waals surface area contributed by atoms with Gasteiger partial charge < -0.3 is 14.8 Å². The van der Waals surface area contributed by atoms with Crippen molar-refractivity contribution in [3.8, 4) is 5.75 Å². The molecular formula is C17H15IN2O6. The quantitative estimate of drug-likeness (QED) is 0.288. The molecule has 0 spiro atoms. The zero-order chi connectivity index (χ0) is 19.1. The number of nitrogens with one attached hydrogen (secondary N) is 1. The smallest absolute Gasteiger partial charge is 0.338 e. The van der Waals surface area contributed by atoms with Gasteiger partial charge in [0.1, 0.15) is 0 Å². The Labute approximate surface area is 162 Å². The van der Waals surface area contributed by atoms with Gasteiger partial charge in [-0.25, -0.2) is 4.79 Å². The second-order valence-corrected chi connectivity index (χ2v) is 6.14. The van der Waals surface area contributed by atoms with E-state index in [2.05, 4.69) is 27.9 Å². The molecule has 0 bridgehead atoms. The molecule has 0 saturated carbocycles. The van der Waals surface area contributed by atoms with Crippen molar-refractivity contribution in [2.24, 2.45) is 0 Å². The summed E-state index contributed by atoms with van der Waals surface area (Å²) < 4.78 is 10.9. The van der Waals surface area contributed by atoms with E-state index in [4.69, 9.17) is 9.47 Å².